The van der Waals surface area contributed by atoms with Crippen molar-refractivity contribution in [2.75, 3.05) is 46.3 Å². The van der Waals surface area contributed by atoms with E-state index in [-0.39, 0.29) is 0 Å². The highest BCUT2D eigenvalue weighted by molar-refractivity contribution is 5.76. The summed E-state index contributed by atoms with van der Waals surface area (Å²) in [4.78, 5) is 33.2. The minimum Gasteiger partial charge on any atom is -0.343 e. The Balaban J connectivity index is 4.27. The first-order chi connectivity index (χ1) is 24.5. The van der Waals surface area contributed by atoms with Crippen LogP contribution in [-0.4, -0.2) is 72.8 Å². The monoisotopic (exact) mass is 706 g/mol. The molecule has 5 heteroatoms. The molecule has 0 aromatic carbocycles. The van der Waals surface area contributed by atoms with E-state index < -0.39 is 0 Å². The van der Waals surface area contributed by atoms with Gasteiger partial charge in [-0.25, -0.2) is 0 Å². The lowest BCUT2D eigenvalue weighted by molar-refractivity contribution is -0.132. The van der Waals surface area contributed by atoms with E-state index >= 15 is 0 Å². The van der Waals surface area contributed by atoms with Gasteiger partial charge in [0.2, 0.25) is 11.8 Å². The summed E-state index contributed by atoms with van der Waals surface area (Å²) < 4.78 is 0. The number of nitrogens with zero attached hydrogens (tertiary/aromatic N) is 3. The molecular formula is C45H91N3O2. The number of amides is 2. The normalized spacial score (nSPS) is 11.5. The van der Waals surface area contributed by atoms with Crippen molar-refractivity contribution < 1.29 is 9.59 Å². The van der Waals surface area contributed by atoms with Gasteiger partial charge in [0, 0.05) is 39.0 Å². The molecule has 50 heavy (non-hydrogen) atoms. The van der Waals surface area contributed by atoms with E-state index in [1.165, 1.54) is 167 Å². The van der Waals surface area contributed by atoms with Crippen LogP contribution in [0.2, 0.25) is 0 Å². The molecule has 5 nitrogen and oxygen atoms in total. The van der Waals surface area contributed by atoms with Crippen LogP contribution in [0.25, 0.3) is 0 Å². The maximum atomic E-state index is 13.2. The number of hydrogen-bond donors (Lipinski definition) is 0. The summed E-state index contributed by atoms with van der Waals surface area (Å²) in [6.07, 6.45) is 39.0. The molecule has 0 N–H and O–H groups in total. The summed E-state index contributed by atoms with van der Waals surface area (Å²) in [6.45, 7) is 15.2. The molecule has 0 aromatic rings. The average molecular weight is 706 g/mol. The van der Waals surface area contributed by atoms with Gasteiger partial charge in [0.25, 0.3) is 0 Å². The van der Waals surface area contributed by atoms with Gasteiger partial charge in [-0.1, -0.05) is 169 Å². The average Bonchev–Trinajstić information content (AvgIpc) is 3.11. The molecule has 0 aliphatic rings. The van der Waals surface area contributed by atoms with Crippen molar-refractivity contribution in [2.24, 2.45) is 0 Å². The summed E-state index contributed by atoms with van der Waals surface area (Å²) in [6, 6.07) is 0. The second-order valence-corrected chi connectivity index (χ2v) is 15.8. The summed E-state index contributed by atoms with van der Waals surface area (Å²) in [5.74, 6) is 0.792. The van der Waals surface area contributed by atoms with Gasteiger partial charge >= 0.3 is 0 Å². The molecule has 0 bridgehead atoms. The quantitative estimate of drug-likeness (QED) is 0.0596. The first-order valence-electron chi connectivity index (χ1n) is 22.7. The van der Waals surface area contributed by atoms with Crippen LogP contribution in [0.15, 0.2) is 0 Å². The number of carbonyl (C=O) groups excluding carboxylic acids is 2. The number of carbonyl (C=O) groups is 2. The van der Waals surface area contributed by atoms with E-state index in [4.69, 9.17) is 0 Å². The van der Waals surface area contributed by atoms with Crippen molar-refractivity contribution in [3.05, 3.63) is 0 Å². The highest BCUT2D eigenvalue weighted by atomic mass is 16.2. The van der Waals surface area contributed by atoms with Crippen molar-refractivity contribution in [2.45, 2.75) is 233 Å². The molecule has 0 heterocycles. The Hall–Kier alpha value is -1.10. The van der Waals surface area contributed by atoms with E-state index in [1.807, 2.05) is 0 Å². The standard InChI is InChI=1S/C45H91N3O2/c1-6-10-14-18-22-32-40-47(41-33-23-19-15-11-7-2)44(49)36-28-26-30-38-46(5)39-31-27-29-37-45(50)48(42-34-24-20-16-12-8-3)43-35-25-21-17-13-9-4/h6-43H2,1-5H3. The summed E-state index contributed by atoms with van der Waals surface area (Å²) >= 11 is 0. The van der Waals surface area contributed by atoms with Crippen molar-refractivity contribution in [1.82, 2.24) is 14.7 Å². The second kappa shape index (κ2) is 39.1. The molecule has 2 amide bonds. The maximum Gasteiger partial charge on any atom is 0.222 e. The van der Waals surface area contributed by atoms with Gasteiger partial charge in [0.05, 0.1) is 0 Å². The molecule has 0 saturated carbocycles. The third-order valence-corrected chi connectivity index (χ3v) is 10.7. The molecule has 0 aliphatic carbocycles. The van der Waals surface area contributed by atoms with Crippen LogP contribution in [0, 0.1) is 0 Å². The van der Waals surface area contributed by atoms with Gasteiger partial charge in [0.15, 0.2) is 0 Å². The first-order valence-corrected chi connectivity index (χ1v) is 22.7. The predicted octanol–water partition coefficient (Wildman–Crippen LogP) is 13.1. The molecule has 0 radical (unpaired) electrons. The van der Waals surface area contributed by atoms with Crippen molar-refractivity contribution in [3.8, 4) is 0 Å². The minimum absolute atomic E-state index is 0.396. The van der Waals surface area contributed by atoms with Crippen molar-refractivity contribution in [3.63, 3.8) is 0 Å². The van der Waals surface area contributed by atoms with Gasteiger partial charge in [0.1, 0.15) is 0 Å². The van der Waals surface area contributed by atoms with E-state index in [2.05, 4.69) is 49.4 Å². The Labute approximate surface area is 314 Å². The molecule has 0 rings (SSSR count). The zero-order valence-electron chi connectivity index (χ0n) is 35.0. The molecule has 0 spiro atoms. The van der Waals surface area contributed by atoms with Crippen LogP contribution < -0.4 is 0 Å². The van der Waals surface area contributed by atoms with Gasteiger partial charge in [-0.15, -0.1) is 0 Å². The highest BCUT2D eigenvalue weighted by Gasteiger charge is 2.14. The third kappa shape index (κ3) is 32.8. The lowest BCUT2D eigenvalue weighted by Gasteiger charge is -2.23. The highest BCUT2D eigenvalue weighted by Crippen LogP contribution is 2.14. The van der Waals surface area contributed by atoms with E-state index in [9.17, 15) is 9.59 Å². The summed E-state index contributed by atoms with van der Waals surface area (Å²) in [5, 5.41) is 0. The zero-order valence-corrected chi connectivity index (χ0v) is 35.0. The number of hydrogen-bond acceptors (Lipinski definition) is 3. The molecule has 0 saturated heterocycles. The Bertz CT molecular complexity index is 624. The Morgan fingerprint density at radius 2 is 0.520 bits per heavy atom. The van der Waals surface area contributed by atoms with Gasteiger partial charge < -0.3 is 14.7 Å². The summed E-state index contributed by atoms with van der Waals surface area (Å²) in [7, 11) is 2.24. The molecule has 0 atom stereocenters. The van der Waals surface area contributed by atoms with Crippen molar-refractivity contribution >= 4 is 11.8 Å². The van der Waals surface area contributed by atoms with Crippen LogP contribution in [0.1, 0.15) is 233 Å². The maximum absolute atomic E-state index is 13.2. The zero-order chi connectivity index (χ0) is 36.8. The largest absolute Gasteiger partial charge is 0.343 e. The van der Waals surface area contributed by atoms with Crippen LogP contribution in [-0.2, 0) is 9.59 Å². The Kier molecular flexibility index (Phi) is 38.3. The lowest BCUT2D eigenvalue weighted by atomic mass is 10.1. The lowest BCUT2D eigenvalue weighted by Crippen LogP contribution is -2.33. The Morgan fingerprint density at radius 1 is 0.300 bits per heavy atom. The molecule has 0 aliphatic heterocycles. The number of unbranched alkanes of at least 4 members (excludes halogenated alkanes) is 24. The van der Waals surface area contributed by atoms with E-state index in [0.29, 0.717) is 11.8 Å². The summed E-state index contributed by atoms with van der Waals surface area (Å²) in [5.41, 5.74) is 0. The SMILES string of the molecule is CCCCCCCCN(CCCCCCCC)C(=O)CCCCCN(C)CCCCCC(=O)N(CCCCCCCC)CCCCCCCC. The van der Waals surface area contributed by atoms with E-state index in [0.717, 1.165) is 77.8 Å². The fourth-order valence-electron chi connectivity index (χ4n) is 7.15. The molecule has 0 unspecified atom stereocenters. The Morgan fingerprint density at radius 3 is 0.800 bits per heavy atom. The minimum atomic E-state index is 0.396. The fraction of sp³-hybridized carbons (Fsp3) is 0.956. The smallest absolute Gasteiger partial charge is 0.222 e. The van der Waals surface area contributed by atoms with E-state index in [1.54, 1.807) is 0 Å². The third-order valence-electron chi connectivity index (χ3n) is 10.7. The van der Waals surface area contributed by atoms with Crippen LogP contribution in [0.3, 0.4) is 0 Å². The van der Waals surface area contributed by atoms with Crippen LogP contribution in [0.5, 0.6) is 0 Å². The molecule has 0 aromatic heterocycles. The van der Waals surface area contributed by atoms with Gasteiger partial charge in [-0.3, -0.25) is 9.59 Å². The predicted molar refractivity (Wildman–Crippen MR) is 221 cm³/mol. The van der Waals surface area contributed by atoms with Crippen molar-refractivity contribution in [1.29, 1.82) is 0 Å². The number of rotatable bonds is 40. The van der Waals surface area contributed by atoms with Crippen LogP contribution >= 0.6 is 0 Å². The second-order valence-electron chi connectivity index (χ2n) is 15.8. The molecule has 0 fully saturated rings. The van der Waals surface area contributed by atoms with Crippen LogP contribution in [0.4, 0.5) is 0 Å². The van der Waals surface area contributed by atoms with Gasteiger partial charge in [-0.2, -0.15) is 0 Å². The molecular weight excluding hydrogens is 615 g/mol. The topological polar surface area (TPSA) is 43.9 Å². The molecule has 298 valence electrons. The van der Waals surface area contributed by atoms with Gasteiger partial charge in [-0.05, 0) is 71.5 Å². The fourth-order valence-corrected chi connectivity index (χ4v) is 7.15. The first kappa shape index (κ1) is 48.9.